The smallest absolute Gasteiger partial charge is 0.279 e. The Kier molecular flexibility index (Phi) is 5.37. The number of nitrogens with zero attached hydrogens (tertiary/aromatic N) is 3. The number of allylic oxidation sites excluding steroid dienone is 1. The summed E-state index contributed by atoms with van der Waals surface area (Å²) in [4.78, 5) is 42.8. The Morgan fingerprint density at radius 1 is 1.16 bits per heavy atom. The van der Waals surface area contributed by atoms with Crippen LogP contribution in [0.3, 0.4) is 0 Å². The number of hydrogen-bond acceptors (Lipinski definition) is 7. The Bertz CT molecular complexity index is 1390. The molecule has 6 rings (SSSR count). The van der Waals surface area contributed by atoms with Gasteiger partial charge in [-0.15, -0.1) is 0 Å². The number of hydrogen-bond donors (Lipinski definition) is 2. The van der Waals surface area contributed by atoms with E-state index in [-0.39, 0.29) is 12.3 Å². The van der Waals surface area contributed by atoms with Gasteiger partial charge in [0.15, 0.2) is 5.72 Å². The number of aromatic nitrogens is 1. The molecule has 5 atom stereocenters. The fourth-order valence-corrected chi connectivity index (χ4v) is 6.95. The van der Waals surface area contributed by atoms with E-state index >= 15 is 0 Å². The van der Waals surface area contributed by atoms with E-state index in [1.807, 2.05) is 57.4 Å². The molecule has 0 radical (unpaired) electrons. The van der Waals surface area contributed by atoms with Crippen LogP contribution in [-0.4, -0.2) is 67.4 Å². The van der Waals surface area contributed by atoms with Crippen molar-refractivity contribution < 1.29 is 34.3 Å². The lowest BCUT2D eigenvalue weighted by Crippen LogP contribution is -2.74. The van der Waals surface area contributed by atoms with Crippen LogP contribution in [0.25, 0.3) is 10.9 Å². The molecule has 10 heteroatoms. The van der Waals surface area contributed by atoms with E-state index < -0.39 is 41.1 Å². The summed E-state index contributed by atoms with van der Waals surface area (Å²) in [5.74, 6) is -0.423. The predicted octanol–water partition coefficient (Wildman–Crippen LogP) is 3.03. The van der Waals surface area contributed by atoms with Crippen LogP contribution in [0.15, 0.2) is 29.8 Å². The van der Waals surface area contributed by atoms with Gasteiger partial charge in [-0.25, -0.2) is 9.78 Å². The average molecular weight is 526 g/mol. The molecule has 204 valence electrons. The molecule has 2 aromatic rings. The number of carbonyl (C=O) groups is 2. The summed E-state index contributed by atoms with van der Waals surface area (Å²) in [5, 5.41) is 24.7. The third kappa shape index (κ3) is 3.20. The SMILES string of the molecule is COc1ccc2c3c4n(c2c1)[C@@](C)(C=C(C)C)OOC(C)(C)C[C@@H]4N1C(=O)[C@@H]2CCCN2C(=O)[C@]1(O)[C@H]3O. The summed E-state index contributed by atoms with van der Waals surface area (Å²) < 4.78 is 7.44. The number of carbonyl (C=O) groups excluding carboxylic acids is 2. The monoisotopic (exact) mass is 525 g/mol. The lowest BCUT2D eigenvalue weighted by Gasteiger charge is -2.56. The van der Waals surface area contributed by atoms with Crippen LogP contribution >= 0.6 is 0 Å². The summed E-state index contributed by atoms with van der Waals surface area (Å²) >= 11 is 0. The lowest BCUT2D eigenvalue weighted by atomic mass is 9.79. The molecule has 2 saturated heterocycles. The number of ether oxygens (including phenoxy) is 1. The van der Waals surface area contributed by atoms with Crippen LogP contribution in [0.1, 0.15) is 77.3 Å². The fourth-order valence-electron chi connectivity index (χ4n) is 6.95. The zero-order valence-electron chi connectivity index (χ0n) is 22.6. The molecule has 1 aromatic carbocycles. The Morgan fingerprint density at radius 2 is 1.89 bits per heavy atom. The molecule has 0 unspecified atom stereocenters. The first-order valence-corrected chi connectivity index (χ1v) is 13.1. The second-order valence-corrected chi connectivity index (χ2v) is 11.9. The third-order valence-electron chi connectivity index (χ3n) is 8.37. The number of piperazine rings is 1. The van der Waals surface area contributed by atoms with E-state index in [0.717, 1.165) is 5.57 Å². The van der Waals surface area contributed by atoms with E-state index in [0.29, 0.717) is 47.3 Å². The molecule has 0 saturated carbocycles. The number of aliphatic hydroxyl groups is 2. The summed E-state index contributed by atoms with van der Waals surface area (Å²) in [6, 6.07) is 3.97. The van der Waals surface area contributed by atoms with Gasteiger partial charge in [0, 0.05) is 30.0 Å². The lowest BCUT2D eigenvalue weighted by molar-refractivity contribution is -0.420. The van der Waals surface area contributed by atoms with E-state index in [2.05, 4.69) is 0 Å². The Morgan fingerprint density at radius 3 is 2.58 bits per heavy atom. The molecule has 38 heavy (non-hydrogen) atoms. The minimum atomic E-state index is -2.45. The first kappa shape index (κ1) is 25.4. The van der Waals surface area contributed by atoms with Crippen molar-refractivity contribution in [1.29, 1.82) is 0 Å². The third-order valence-corrected chi connectivity index (χ3v) is 8.37. The average Bonchev–Trinajstić information content (AvgIpc) is 3.47. The Labute approximate surface area is 221 Å². The van der Waals surface area contributed by atoms with E-state index in [1.54, 1.807) is 13.2 Å². The largest absolute Gasteiger partial charge is 0.497 e. The van der Waals surface area contributed by atoms with Gasteiger partial charge in [-0.3, -0.25) is 14.5 Å². The summed E-state index contributed by atoms with van der Waals surface area (Å²) in [5.41, 5.74) is -1.91. The second-order valence-electron chi connectivity index (χ2n) is 11.9. The standard InChI is InChI=1S/C28H35N3O7/c1-15(2)13-27(5)30-19-12-16(36-6)9-10-17(19)21-22(30)20(14-26(3,4)37-38-27)31-24(33)18-8-7-11-29(18)25(34)28(31,35)23(21)32/h9-10,12-13,18,20,23,32,35H,7-8,11,14H2,1-6H3/t18-,20-,23-,27+,28+/m0/s1. The van der Waals surface area contributed by atoms with Gasteiger partial charge in [-0.1, -0.05) is 5.57 Å². The molecule has 4 aliphatic rings. The van der Waals surface area contributed by atoms with Crippen LogP contribution in [0.5, 0.6) is 5.75 Å². The van der Waals surface area contributed by atoms with E-state index in [9.17, 15) is 19.8 Å². The highest BCUT2D eigenvalue weighted by Crippen LogP contribution is 2.56. The zero-order valence-corrected chi connectivity index (χ0v) is 22.6. The summed E-state index contributed by atoms with van der Waals surface area (Å²) in [6.45, 7) is 9.81. The van der Waals surface area contributed by atoms with Crippen LogP contribution in [0.2, 0.25) is 0 Å². The highest BCUT2D eigenvalue weighted by molar-refractivity contribution is 6.02. The van der Waals surface area contributed by atoms with Crippen LogP contribution in [0, 0.1) is 0 Å². The number of methoxy groups -OCH3 is 1. The fraction of sp³-hybridized carbons (Fsp3) is 0.571. The molecule has 10 nitrogen and oxygen atoms in total. The summed E-state index contributed by atoms with van der Waals surface area (Å²) in [7, 11) is 1.57. The highest BCUT2D eigenvalue weighted by Gasteiger charge is 2.67. The molecule has 2 fully saturated rings. The minimum absolute atomic E-state index is 0.221. The van der Waals surface area contributed by atoms with Gasteiger partial charge in [0.1, 0.15) is 23.5 Å². The van der Waals surface area contributed by atoms with Gasteiger partial charge >= 0.3 is 0 Å². The van der Waals surface area contributed by atoms with Crippen molar-refractivity contribution in [2.24, 2.45) is 0 Å². The van der Waals surface area contributed by atoms with E-state index in [4.69, 9.17) is 14.5 Å². The molecule has 4 aliphatic heterocycles. The number of fused-ring (bicyclic) bond motifs is 6. The normalized spacial score (nSPS) is 33.8. The second kappa shape index (κ2) is 8.05. The van der Waals surface area contributed by atoms with Crippen molar-refractivity contribution in [1.82, 2.24) is 14.4 Å². The molecule has 0 spiro atoms. The van der Waals surface area contributed by atoms with Crippen LogP contribution < -0.4 is 4.74 Å². The van der Waals surface area contributed by atoms with E-state index in [1.165, 1.54) is 9.80 Å². The molecule has 2 amide bonds. The number of aliphatic hydroxyl groups excluding tert-OH is 1. The van der Waals surface area contributed by atoms with Crippen molar-refractivity contribution in [3.63, 3.8) is 0 Å². The molecule has 5 heterocycles. The van der Waals surface area contributed by atoms with Crippen molar-refractivity contribution in [2.75, 3.05) is 13.7 Å². The maximum Gasteiger partial charge on any atom is 0.279 e. The Balaban J connectivity index is 1.74. The molecular formula is C28H35N3O7. The first-order chi connectivity index (χ1) is 17.8. The van der Waals surface area contributed by atoms with Crippen molar-refractivity contribution in [3.8, 4) is 5.75 Å². The van der Waals surface area contributed by atoms with Crippen LogP contribution in [-0.2, 0) is 25.1 Å². The zero-order chi connectivity index (χ0) is 27.4. The Hall–Kier alpha value is -2.92. The van der Waals surface area contributed by atoms with Crippen LogP contribution in [0.4, 0.5) is 0 Å². The van der Waals surface area contributed by atoms with Gasteiger partial charge in [0.25, 0.3) is 11.6 Å². The molecule has 2 N–H and O–H groups in total. The topological polar surface area (TPSA) is 114 Å². The van der Waals surface area contributed by atoms with Gasteiger partial charge in [-0.05, 0) is 65.7 Å². The van der Waals surface area contributed by atoms with Gasteiger partial charge in [0.05, 0.1) is 24.4 Å². The van der Waals surface area contributed by atoms with Gasteiger partial charge in [0.2, 0.25) is 5.91 Å². The molecular weight excluding hydrogens is 490 g/mol. The van der Waals surface area contributed by atoms with Gasteiger partial charge < -0.3 is 24.4 Å². The number of rotatable bonds is 2. The maximum atomic E-state index is 14.1. The molecule has 1 aromatic heterocycles. The highest BCUT2D eigenvalue weighted by atomic mass is 17.2. The summed E-state index contributed by atoms with van der Waals surface area (Å²) in [6.07, 6.45) is 1.64. The first-order valence-electron chi connectivity index (χ1n) is 13.1. The molecule has 0 aliphatic carbocycles. The predicted molar refractivity (Wildman–Crippen MR) is 137 cm³/mol. The quantitative estimate of drug-likeness (QED) is 0.458. The van der Waals surface area contributed by atoms with Crippen molar-refractivity contribution in [2.45, 2.75) is 89.1 Å². The number of benzene rings is 1. The number of amides is 2. The maximum absolute atomic E-state index is 14.1. The van der Waals surface area contributed by atoms with Crippen molar-refractivity contribution in [3.05, 3.63) is 41.1 Å². The van der Waals surface area contributed by atoms with Crippen molar-refractivity contribution >= 4 is 22.7 Å². The molecule has 0 bridgehead atoms. The van der Waals surface area contributed by atoms with Gasteiger partial charge in [-0.2, -0.15) is 0 Å². The minimum Gasteiger partial charge on any atom is -0.497 e.